The molecule has 3 aromatic rings. The second-order valence-electron chi connectivity index (χ2n) is 8.16. The van der Waals surface area contributed by atoms with Crippen molar-refractivity contribution in [1.82, 2.24) is 25.0 Å². The Morgan fingerprint density at radius 1 is 1.06 bits per heavy atom. The molecular weight excluding hydrogens is 444 g/mol. The van der Waals surface area contributed by atoms with Crippen LogP contribution in [0, 0.1) is 11.6 Å². The Hall–Kier alpha value is -3.53. The van der Waals surface area contributed by atoms with E-state index in [1.807, 2.05) is 22.8 Å². The van der Waals surface area contributed by atoms with E-state index in [2.05, 4.69) is 20.4 Å². The van der Waals surface area contributed by atoms with Gasteiger partial charge < -0.3 is 19.4 Å². The Kier molecular flexibility index (Phi) is 7.06. The van der Waals surface area contributed by atoms with Crippen molar-refractivity contribution < 1.29 is 23.0 Å². The van der Waals surface area contributed by atoms with Gasteiger partial charge in [0.25, 0.3) is 5.91 Å². The van der Waals surface area contributed by atoms with Crippen molar-refractivity contribution in [1.29, 1.82) is 0 Å². The van der Waals surface area contributed by atoms with E-state index in [0.29, 0.717) is 30.3 Å². The summed E-state index contributed by atoms with van der Waals surface area (Å²) in [5, 5.41) is 11.3. The summed E-state index contributed by atoms with van der Waals surface area (Å²) >= 11 is 0. The van der Waals surface area contributed by atoms with Gasteiger partial charge >= 0.3 is 0 Å². The third-order valence-corrected chi connectivity index (χ3v) is 5.91. The molecular formula is C24H27F2N5O3. The topological polar surface area (TPSA) is 81.5 Å². The number of amides is 1. The first-order valence-corrected chi connectivity index (χ1v) is 11.0. The minimum Gasteiger partial charge on any atom is -0.493 e. The lowest BCUT2D eigenvalue weighted by atomic mass is 10.1. The number of benzene rings is 2. The minimum absolute atomic E-state index is 0.344. The lowest BCUT2D eigenvalue weighted by Gasteiger charge is -2.21. The zero-order valence-corrected chi connectivity index (χ0v) is 19.3. The van der Waals surface area contributed by atoms with Crippen LogP contribution in [0.3, 0.4) is 0 Å². The van der Waals surface area contributed by atoms with Crippen LogP contribution in [0.25, 0.3) is 0 Å². The Balaban J connectivity index is 1.43. The van der Waals surface area contributed by atoms with Crippen LogP contribution in [0.5, 0.6) is 11.5 Å². The van der Waals surface area contributed by atoms with E-state index >= 15 is 0 Å². The molecule has 0 saturated heterocycles. The normalized spacial score (nSPS) is 14.7. The molecule has 8 nitrogen and oxygen atoms in total. The average molecular weight is 472 g/mol. The molecule has 0 spiro atoms. The number of nitrogens with zero attached hydrogens (tertiary/aromatic N) is 4. The van der Waals surface area contributed by atoms with Crippen molar-refractivity contribution in [2.24, 2.45) is 0 Å². The summed E-state index contributed by atoms with van der Waals surface area (Å²) < 4.78 is 40.1. The Morgan fingerprint density at radius 2 is 1.85 bits per heavy atom. The Bertz CT molecular complexity index is 1180. The molecule has 1 N–H and O–H groups in total. The highest BCUT2D eigenvalue weighted by Gasteiger charge is 2.24. The first kappa shape index (κ1) is 23.6. The predicted octanol–water partition coefficient (Wildman–Crippen LogP) is 3.12. The number of rotatable bonds is 7. The van der Waals surface area contributed by atoms with Crippen LogP contribution in [-0.2, 0) is 19.5 Å². The number of hydrogen-bond donors (Lipinski definition) is 1. The molecule has 1 aromatic heterocycles. The average Bonchev–Trinajstić information content (AvgIpc) is 3.14. The van der Waals surface area contributed by atoms with Crippen molar-refractivity contribution in [2.75, 3.05) is 27.3 Å². The molecule has 1 aliphatic heterocycles. The molecule has 0 saturated carbocycles. The lowest BCUT2D eigenvalue weighted by Crippen LogP contribution is -2.30. The zero-order chi connectivity index (χ0) is 24.2. The molecule has 1 atom stereocenters. The maximum absolute atomic E-state index is 14.0. The van der Waals surface area contributed by atoms with Crippen molar-refractivity contribution in [3.63, 3.8) is 0 Å². The SMILES string of the molecule is COc1ccc(CN2CCc3nnc(C(C)NC(=O)c4cc(F)ccc4F)n3CC2)cc1OC. The van der Waals surface area contributed by atoms with E-state index in [4.69, 9.17) is 9.47 Å². The first-order valence-electron chi connectivity index (χ1n) is 11.0. The van der Waals surface area contributed by atoms with Gasteiger partial charge in [-0.05, 0) is 42.8 Å². The molecule has 2 aromatic carbocycles. The van der Waals surface area contributed by atoms with Crippen LogP contribution < -0.4 is 14.8 Å². The van der Waals surface area contributed by atoms with Crippen molar-refractivity contribution in [2.45, 2.75) is 32.5 Å². The summed E-state index contributed by atoms with van der Waals surface area (Å²) in [6.07, 6.45) is 0.694. The fourth-order valence-corrected chi connectivity index (χ4v) is 4.12. The molecule has 0 bridgehead atoms. The minimum atomic E-state index is -0.781. The van der Waals surface area contributed by atoms with Gasteiger partial charge in [-0.15, -0.1) is 10.2 Å². The Labute approximate surface area is 196 Å². The number of fused-ring (bicyclic) bond motifs is 1. The van der Waals surface area contributed by atoms with Crippen LogP contribution in [0.15, 0.2) is 36.4 Å². The summed E-state index contributed by atoms with van der Waals surface area (Å²) in [6, 6.07) is 8.14. The van der Waals surface area contributed by atoms with Gasteiger partial charge in [0.2, 0.25) is 0 Å². The van der Waals surface area contributed by atoms with E-state index in [1.54, 1.807) is 21.1 Å². The van der Waals surface area contributed by atoms with E-state index in [0.717, 1.165) is 49.2 Å². The van der Waals surface area contributed by atoms with Crippen LogP contribution in [0.1, 0.15) is 40.5 Å². The molecule has 180 valence electrons. The number of carbonyl (C=O) groups is 1. The summed E-state index contributed by atoms with van der Waals surface area (Å²) in [4.78, 5) is 14.8. The second kappa shape index (κ2) is 10.2. The van der Waals surface area contributed by atoms with Gasteiger partial charge in [-0.25, -0.2) is 8.78 Å². The molecule has 1 unspecified atom stereocenters. The summed E-state index contributed by atoms with van der Waals surface area (Å²) in [6.45, 7) is 4.67. The molecule has 10 heteroatoms. The van der Waals surface area contributed by atoms with Gasteiger partial charge in [-0.1, -0.05) is 6.07 Å². The third kappa shape index (κ3) is 5.01. The number of carbonyl (C=O) groups excluding carboxylic acids is 1. The maximum Gasteiger partial charge on any atom is 0.254 e. The molecule has 1 amide bonds. The molecule has 4 rings (SSSR count). The van der Waals surface area contributed by atoms with E-state index in [1.165, 1.54) is 0 Å². The van der Waals surface area contributed by atoms with E-state index in [-0.39, 0.29) is 5.56 Å². The number of halogens is 2. The van der Waals surface area contributed by atoms with Gasteiger partial charge in [-0.3, -0.25) is 9.69 Å². The highest BCUT2D eigenvalue weighted by Crippen LogP contribution is 2.28. The number of nitrogens with one attached hydrogen (secondary N) is 1. The second-order valence-corrected chi connectivity index (χ2v) is 8.16. The van der Waals surface area contributed by atoms with Crippen molar-refractivity contribution >= 4 is 5.91 Å². The summed E-state index contributed by atoms with van der Waals surface area (Å²) in [5.74, 6) is 0.615. The molecule has 1 aliphatic rings. The molecule has 0 fully saturated rings. The monoisotopic (exact) mass is 471 g/mol. The van der Waals surface area contributed by atoms with Gasteiger partial charge in [0, 0.05) is 32.6 Å². The summed E-state index contributed by atoms with van der Waals surface area (Å²) in [5.41, 5.74) is 0.761. The molecule has 2 heterocycles. The van der Waals surface area contributed by atoms with Gasteiger partial charge in [0.15, 0.2) is 17.3 Å². The standard InChI is InChI=1S/C24H27F2N5O3/c1-15(27-24(32)18-13-17(25)5-6-19(18)26)23-29-28-22-8-9-30(10-11-31(22)23)14-16-4-7-20(33-2)21(12-16)34-3/h4-7,12-13,15H,8-11,14H2,1-3H3,(H,27,32). The Morgan fingerprint density at radius 3 is 2.62 bits per heavy atom. The van der Waals surface area contributed by atoms with Crippen molar-refractivity contribution in [3.05, 3.63) is 70.8 Å². The van der Waals surface area contributed by atoms with Crippen molar-refractivity contribution in [3.8, 4) is 11.5 Å². The van der Waals surface area contributed by atoms with Crippen LogP contribution >= 0.6 is 0 Å². The molecule has 0 radical (unpaired) electrons. The van der Waals surface area contributed by atoms with Gasteiger partial charge in [0.05, 0.1) is 25.8 Å². The van der Waals surface area contributed by atoms with Crippen LogP contribution in [0.4, 0.5) is 8.78 Å². The zero-order valence-electron chi connectivity index (χ0n) is 19.3. The quantitative estimate of drug-likeness (QED) is 0.570. The highest BCUT2D eigenvalue weighted by atomic mass is 19.1. The highest BCUT2D eigenvalue weighted by molar-refractivity contribution is 5.94. The molecule has 34 heavy (non-hydrogen) atoms. The number of aromatic nitrogens is 3. The van der Waals surface area contributed by atoms with Crippen LogP contribution in [-0.4, -0.2) is 52.9 Å². The predicted molar refractivity (Wildman–Crippen MR) is 121 cm³/mol. The van der Waals surface area contributed by atoms with Gasteiger partial charge in [0.1, 0.15) is 17.5 Å². The van der Waals surface area contributed by atoms with E-state index in [9.17, 15) is 13.6 Å². The van der Waals surface area contributed by atoms with Gasteiger partial charge in [-0.2, -0.15) is 0 Å². The number of methoxy groups -OCH3 is 2. The lowest BCUT2D eigenvalue weighted by molar-refractivity contribution is 0.0933. The largest absolute Gasteiger partial charge is 0.493 e. The fraction of sp³-hybridized carbons (Fsp3) is 0.375. The smallest absolute Gasteiger partial charge is 0.254 e. The third-order valence-electron chi connectivity index (χ3n) is 5.91. The fourth-order valence-electron chi connectivity index (χ4n) is 4.12. The number of hydrogen-bond acceptors (Lipinski definition) is 6. The first-order chi connectivity index (χ1) is 16.4. The maximum atomic E-state index is 14.0. The van der Waals surface area contributed by atoms with Crippen LogP contribution in [0.2, 0.25) is 0 Å². The number of ether oxygens (including phenoxy) is 2. The summed E-state index contributed by atoms with van der Waals surface area (Å²) in [7, 11) is 3.22. The molecule has 0 aliphatic carbocycles. The van der Waals surface area contributed by atoms with E-state index < -0.39 is 23.6 Å².